The first kappa shape index (κ1) is 17.1. The highest BCUT2D eigenvalue weighted by Crippen LogP contribution is 2.25. The second-order valence-electron chi connectivity index (χ2n) is 5.76. The van der Waals surface area contributed by atoms with Gasteiger partial charge >= 0.3 is 0 Å². The van der Waals surface area contributed by atoms with E-state index in [-0.39, 0.29) is 10.7 Å². The number of Topliss-reactive ketones (excluding diaryl/α,β-unsaturated/α-hetero) is 1. The molecule has 0 saturated carbocycles. The molecule has 128 valence electrons. The Hall–Kier alpha value is -2.77. The molecule has 3 aromatic rings. The van der Waals surface area contributed by atoms with E-state index >= 15 is 0 Å². The molecule has 0 amide bonds. The molecule has 2 aromatic carbocycles. The minimum atomic E-state index is -3.73. The van der Waals surface area contributed by atoms with Crippen molar-refractivity contribution in [1.29, 1.82) is 0 Å². The highest BCUT2D eigenvalue weighted by Gasteiger charge is 2.12. The number of carbonyl (C=O) groups is 1. The van der Waals surface area contributed by atoms with Gasteiger partial charge < -0.3 is 0 Å². The highest BCUT2D eigenvalue weighted by atomic mass is 32.2. The smallest absolute Gasteiger partial charge is 0.238 e. The Labute approximate surface area is 146 Å². The van der Waals surface area contributed by atoms with Crippen LogP contribution in [-0.4, -0.2) is 24.0 Å². The molecular weight excluding hydrogens is 338 g/mol. The Morgan fingerprint density at radius 3 is 2.16 bits per heavy atom. The predicted octanol–water partition coefficient (Wildman–Crippen LogP) is 2.70. The Bertz CT molecular complexity index is 1030. The van der Waals surface area contributed by atoms with Crippen LogP contribution in [0.4, 0.5) is 0 Å². The van der Waals surface area contributed by atoms with Crippen LogP contribution < -0.4 is 5.14 Å². The summed E-state index contributed by atoms with van der Waals surface area (Å²) in [6, 6.07) is 15.4. The van der Waals surface area contributed by atoms with Crippen LogP contribution in [0.3, 0.4) is 0 Å². The van der Waals surface area contributed by atoms with Crippen molar-refractivity contribution in [3.05, 3.63) is 65.9 Å². The second kappa shape index (κ2) is 6.27. The number of aryl methyl sites for hydroxylation is 1. The van der Waals surface area contributed by atoms with E-state index in [1.807, 2.05) is 25.1 Å². The largest absolute Gasteiger partial charge is 0.295 e. The first-order valence-electron chi connectivity index (χ1n) is 7.57. The number of hydrogen-bond donors (Lipinski definition) is 1. The summed E-state index contributed by atoms with van der Waals surface area (Å²) >= 11 is 0. The van der Waals surface area contributed by atoms with E-state index in [1.54, 1.807) is 28.9 Å². The molecule has 0 unspecified atom stereocenters. The van der Waals surface area contributed by atoms with Crippen LogP contribution >= 0.6 is 0 Å². The molecule has 0 aliphatic rings. The highest BCUT2D eigenvalue weighted by molar-refractivity contribution is 7.89. The molecule has 7 heteroatoms. The molecule has 0 radical (unpaired) electrons. The maximum Gasteiger partial charge on any atom is 0.238 e. The van der Waals surface area contributed by atoms with Gasteiger partial charge in [-0.3, -0.25) is 4.79 Å². The summed E-state index contributed by atoms with van der Waals surface area (Å²) < 4.78 is 24.5. The SMILES string of the molecule is CC(=O)c1ccc(-c2cc(C)nn2-c2ccc(S(N)(=O)=O)cc2)cc1. The molecule has 3 rings (SSSR count). The molecular formula is C18H17N3O3S. The molecule has 0 saturated heterocycles. The topological polar surface area (TPSA) is 95.0 Å². The van der Waals surface area contributed by atoms with Gasteiger partial charge in [0.1, 0.15) is 0 Å². The number of carbonyl (C=O) groups excluding carboxylic acids is 1. The van der Waals surface area contributed by atoms with E-state index in [9.17, 15) is 13.2 Å². The van der Waals surface area contributed by atoms with Crippen LogP contribution in [0.1, 0.15) is 23.0 Å². The number of nitrogens with two attached hydrogens (primary N) is 1. The van der Waals surface area contributed by atoms with Crippen LogP contribution in [0.2, 0.25) is 0 Å². The van der Waals surface area contributed by atoms with E-state index in [0.717, 1.165) is 17.0 Å². The van der Waals surface area contributed by atoms with Gasteiger partial charge in [0.25, 0.3) is 0 Å². The van der Waals surface area contributed by atoms with Crippen LogP contribution in [0.15, 0.2) is 59.5 Å². The van der Waals surface area contributed by atoms with E-state index in [4.69, 9.17) is 5.14 Å². The Kier molecular flexibility index (Phi) is 4.28. The fourth-order valence-electron chi connectivity index (χ4n) is 2.55. The summed E-state index contributed by atoms with van der Waals surface area (Å²) in [5, 5.41) is 9.61. The van der Waals surface area contributed by atoms with E-state index in [1.165, 1.54) is 19.1 Å². The number of ketones is 1. The van der Waals surface area contributed by atoms with Crippen molar-refractivity contribution in [3.63, 3.8) is 0 Å². The molecule has 1 heterocycles. The number of benzene rings is 2. The number of hydrogen-bond acceptors (Lipinski definition) is 4. The quantitative estimate of drug-likeness (QED) is 0.728. The number of nitrogens with zero attached hydrogens (tertiary/aromatic N) is 2. The van der Waals surface area contributed by atoms with Gasteiger partial charge in [-0.2, -0.15) is 5.10 Å². The lowest BCUT2D eigenvalue weighted by atomic mass is 10.1. The lowest BCUT2D eigenvalue weighted by Crippen LogP contribution is -2.12. The van der Waals surface area contributed by atoms with Crippen LogP contribution in [0.5, 0.6) is 0 Å². The molecule has 0 atom stereocenters. The van der Waals surface area contributed by atoms with Gasteiger partial charge in [-0.15, -0.1) is 0 Å². The molecule has 0 aliphatic carbocycles. The van der Waals surface area contributed by atoms with Gasteiger partial charge in [-0.1, -0.05) is 24.3 Å². The molecule has 1 aromatic heterocycles. The van der Waals surface area contributed by atoms with Crippen molar-refractivity contribution in [2.45, 2.75) is 18.7 Å². The fourth-order valence-corrected chi connectivity index (χ4v) is 3.07. The van der Waals surface area contributed by atoms with Crippen molar-refractivity contribution >= 4 is 15.8 Å². The van der Waals surface area contributed by atoms with Crippen molar-refractivity contribution in [1.82, 2.24) is 9.78 Å². The molecule has 0 fully saturated rings. The van der Waals surface area contributed by atoms with Gasteiger partial charge in [0, 0.05) is 11.1 Å². The minimum Gasteiger partial charge on any atom is -0.295 e. The van der Waals surface area contributed by atoms with Crippen molar-refractivity contribution in [3.8, 4) is 16.9 Å². The summed E-state index contributed by atoms with van der Waals surface area (Å²) in [7, 11) is -3.73. The van der Waals surface area contributed by atoms with E-state index in [2.05, 4.69) is 5.10 Å². The maximum absolute atomic E-state index is 11.4. The van der Waals surface area contributed by atoms with Gasteiger partial charge in [-0.05, 0) is 44.2 Å². The van der Waals surface area contributed by atoms with Crippen LogP contribution in [-0.2, 0) is 10.0 Å². The summed E-state index contributed by atoms with van der Waals surface area (Å²) in [6.45, 7) is 3.40. The minimum absolute atomic E-state index is 0.00909. The molecule has 0 aliphatic heterocycles. The van der Waals surface area contributed by atoms with Crippen molar-refractivity contribution in [2.75, 3.05) is 0 Å². The van der Waals surface area contributed by atoms with Gasteiger partial charge in [0.05, 0.1) is 22.0 Å². The third kappa shape index (κ3) is 3.52. The lowest BCUT2D eigenvalue weighted by Gasteiger charge is -2.09. The first-order chi connectivity index (χ1) is 11.8. The average molecular weight is 355 g/mol. The summed E-state index contributed by atoms with van der Waals surface area (Å²) in [5.41, 5.74) is 3.92. The maximum atomic E-state index is 11.4. The van der Waals surface area contributed by atoms with Gasteiger partial charge in [0.15, 0.2) is 5.78 Å². The predicted molar refractivity (Wildman–Crippen MR) is 95.1 cm³/mol. The first-order valence-corrected chi connectivity index (χ1v) is 9.11. The summed E-state index contributed by atoms with van der Waals surface area (Å²) in [6.07, 6.45) is 0. The summed E-state index contributed by atoms with van der Waals surface area (Å²) in [4.78, 5) is 11.5. The number of sulfonamides is 1. The van der Waals surface area contributed by atoms with E-state index in [0.29, 0.717) is 11.3 Å². The Morgan fingerprint density at radius 2 is 1.64 bits per heavy atom. The lowest BCUT2D eigenvalue weighted by molar-refractivity contribution is 0.101. The molecule has 0 bridgehead atoms. The third-order valence-corrected chi connectivity index (χ3v) is 4.76. The third-order valence-electron chi connectivity index (χ3n) is 3.83. The zero-order valence-corrected chi connectivity index (χ0v) is 14.6. The van der Waals surface area contributed by atoms with Gasteiger partial charge in [0.2, 0.25) is 10.0 Å². The Balaban J connectivity index is 2.05. The van der Waals surface area contributed by atoms with Crippen molar-refractivity contribution < 1.29 is 13.2 Å². The monoisotopic (exact) mass is 355 g/mol. The normalized spacial score (nSPS) is 11.5. The molecule has 2 N–H and O–H groups in total. The zero-order chi connectivity index (χ0) is 18.2. The fraction of sp³-hybridized carbons (Fsp3) is 0.111. The molecule has 25 heavy (non-hydrogen) atoms. The van der Waals surface area contributed by atoms with Crippen LogP contribution in [0, 0.1) is 6.92 Å². The average Bonchev–Trinajstić information content (AvgIpc) is 2.96. The number of aromatic nitrogens is 2. The summed E-state index contributed by atoms with van der Waals surface area (Å²) in [5.74, 6) is 0.00909. The van der Waals surface area contributed by atoms with Crippen LogP contribution in [0.25, 0.3) is 16.9 Å². The Morgan fingerprint density at radius 1 is 1.04 bits per heavy atom. The standard InChI is InChI=1S/C18H17N3O3S/c1-12-11-18(15-5-3-14(4-6-15)13(2)22)21(20-12)16-7-9-17(10-8-16)25(19,23)24/h3-11H,1-2H3,(H2,19,23,24). The van der Waals surface area contributed by atoms with Crippen molar-refractivity contribution in [2.24, 2.45) is 5.14 Å². The number of rotatable bonds is 4. The van der Waals surface area contributed by atoms with Gasteiger partial charge in [-0.25, -0.2) is 18.2 Å². The second-order valence-corrected chi connectivity index (χ2v) is 7.32. The number of primary sulfonamides is 1. The molecule has 0 spiro atoms. The molecule has 6 nitrogen and oxygen atoms in total. The zero-order valence-electron chi connectivity index (χ0n) is 13.8. The van der Waals surface area contributed by atoms with E-state index < -0.39 is 10.0 Å².